The van der Waals surface area contributed by atoms with E-state index in [-0.39, 0.29) is 29.3 Å². The Labute approximate surface area is 176 Å². The van der Waals surface area contributed by atoms with Gasteiger partial charge in [0, 0.05) is 31.0 Å². The minimum absolute atomic E-state index is 0.0984. The number of rotatable bonds is 8. The molecule has 10 heteroatoms. The lowest BCUT2D eigenvalue weighted by atomic mass is 10.1. The Bertz CT molecular complexity index is 892. The van der Waals surface area contributed by atoms with Crippen molar-refractivity contribution in [2.24, 2.45) is 11.8 Å². The maximum atomic E-state index is 12.7. The first-order valence-corrected chi connectivity index (χ1v) is 10.5. The number of amides is 2. The van der Waals surface area contributed by atoms with Crippen LogP contribution >= 0.6 is 11.3 Å². The van der Waals surface area contributed by atoms with Crippen LogP contribution in [0.4, 0.5) is 18.3 Å². The van der Waals surface area contributed by atoms with Crippen molar-refractivity contribution in [2.75, 3.05) is 18.4 Å². The molecule has 1 aromatic heterocycles. The lowest BCUT2D eigenvalue weighted by molar-refractivity contribution is -0.137. The van der Waals surface area contributed by atoms with Crippen LogP contribution in [0.25, 0.3) is 10.6 Å². The van der Waals surface area contributed by atoms with Gasteiger partial charge >= 0.3 is 6.18 Å². The summed E-state index contributed by atoms with van der Waals surface area (Å²) in [5, 5.41) is 11.1. The lowest BCUT2D eigenvalue weighted by Gasteiger charge is -2.24. The number of alkyl halides is 3. The van der Waals surface area contributed by atoms with Crippen molar-refractivity contribution in [1.29, 1.82) is 0 Å². The topological polar surface area (TPSA) is 75.2 Å². The molecule has 162 valence electrons. The molecule has 1 saturated carbocycles. The molecule has 0 atom stereocenters. The molecular weight excluding hydrogens is 417 g/mol. The number of carbonyl (C=O) groups excluding carboxylic acids is 2. The number of benzene rings is 1. The first-order chi connectivity index (χ1) is 14.1. The predicted octanol–water partition coefficient (Wildman–Crippen LogP) is 4.45. The number of carbonyl (C=O) groups is 2. The highest BCUT2D eigenvalue weighted by Crippen LogP contribution is 2.33. The van der Waals surface area contributed by atoms with Crippen molar-refractivity contribution in [3.63, 3.8) is 0 Å². The third-order valence-corrected chi connectivity index (χ3v) is 5.45. The summed E-state index contributed by atoms with van der Waals surface area (Å²) in [6.45, 7) is 5.00. The Morgan fingerprint density at radius 2 is 1.87 bits per heavy atom. The monoisotopic (exact) mass is 440 g/mol. The van der Waals surface area contributed by atoms with Crippen LogP contribution in [0.1, 0.15) is 38.7 Å². The highest BCUT2D eigenvalue weighted by atomic mass is 32.1. The van der Waals surface area contributed by atoms with Gasteiger partial charge in [-0.1, -0.05) is 37.3 Å². The van der Waals surface area contributed by atoms with Crippen LogP contribution in [0.2, 0.25) is 0 Å². The van der Waals surface area contributed by atoms with Crippen molar-refractivity contribution in [1.82, 2.24) is 15.1 Å². The summed E-state index contributed by atoms with van der Waals surface area (Å²) in [5.74, 6) is 0.228. The first-order valence-electron chi connectivity index (χ1n) is 9.73. The smallest absolute Gasteiger partial charge is 0.342 e. The van der Waals surface area contributed by atoms with Gasteiger partial charge in [-0.05, 0) is 30.9 Å². The molecule has 3 rings (SSSR count). The van der Waals surface area contributed by atoms with Gasteiger partial charge in [0.15, 0.2) is 0 Å². The molecule has 2 amide bonds. The molecule has 2 aromatic rings. The van der Waals surface area contributed by atoms with E-state index in [1.165, 1.54) is 12.1 Å². The standard InChI is InChI=1S/C20H23F3N4O2S/c1-12(2)11-27(18(29)14-3-4-14)10-9-16(28)24-19-26-25-17(30-19)13-5-7-15(8-6-13)20(21,22)23/h5-8,12,14H,3-4,9-11H2,1-2H3,(H,24,26,28). The number of nitrogens with one attached hydrogen (secondary N) is 1. The van der Waals surface area contributed by atoms with E-state index < -0.39 is 11.7 Å². The summed E-state index contributed by atoms with van der Waals surface area (Å²) in [6, 6.07) is 4.61. The minimum atomic E-state index is -4.40. The van der Waals surface area contributed by atoms with Gasteiger partial charge in [-0.3, -0.25) is 9.59 Å². The van der Waals surface area contributed by atoms with Gasteiger partial charge in [0.25, 0.3) is 0 Å². The average Bonchev–Trinajstić information content (AvgIpc) is 3.43. The van der Waals surface area contributed by atoms with Crippen LogP contribution in [-0.2, 0) is 15.8 Å². The maximum Gasteiger partial charge on any atom is 0.416 e. The molecule has 6 nitrogen and oxygen atoms in total. The molecule has 0 unspecified atom stereocenters. The fourth-order valence-electron chi connectivity index (χ4n) is 2.93. The molecule has 1 heterocycles. The van der Waals surface area contributed by atoms with E-state index in [4.69, 9.17) is 0 Å². The van der Waals surface area contributed by atoms with Crippen LogP contribution in [-0.4, -0.2) is 40.0 Å². The van der Waals surface area contributed by atoms with E-state index >= 15 is 0 Å². The first kappa shape index (κ1) is 22.2. The molecule has 1 aliphatic carbocycles. The highest BCUT2D eigenvalue weighted by Gasteiger charge is 2.33. The summed E-state index contributed by atoms with van der Waals surface area (Å²) in [6.07, 6.45) is -2.43. The molecule has 1 N–H and O–H groups in total. The predicted molar refractivity (Wildman–Crippen MR) is 108 cm³/mol. The van der Waals surface area contributed by atoms with Crippen LogP contribution in [0, 0.1) is 11.8 Å². The minimum Gasteiger partial charge on any atom is -0.342 e. The van der Waals surface area contributed by atoms with Gasteiger partial charge in [0.2, 0.25) is 16.9 Å². The number of hydrogen-bond acceptors (Lipinski definition) is 5. The highest BCUT2D eigenvalue weighted by molar-refractivity contribution is 7.18. The summed E-state index contributed by atoms with van der Waals surface area (Å²) in [5.41, 5.74) is -0.255. The van der Waals surface area contributed by atoms with Gasteiger partial charge in [-0.25, -0.2) is 0 Å². The third kappa shape index (κ3) is 6.01. The second kappa shape index (κ2) is 9.11. The van der Waals surface area contributed by atoms with Crippen molar-refractivity contribution in [3.8, 4) is 10.6 Å². The molecule has 0 saturated heterocycles. The zero-order chi connectivity index (χ0) is 21.9. The van der Waals surface area contributed by atoms with E-state index in [2.05, 4.69) is 15.5 Å². The van der Waals surface area contributed by atoms with Crippen molar-refractivity contribution < 1.29 is 22.8 Å². The van der Waals surface area contributed by atoms with Crippen LogP contribution < -0.4 is 5.32 Å². The van der Waals surface area contributed by atoms with Crippen molar-refractivity contribution >= 4 is 28.3 Å². The van der Waals surface area contributed by atoms with E-state index in [0.29, 0.717) is 29.6 Å². The number of hydrogen-bond donors (Lipinski definition) is 1. The number of nitrogens with zero attached hydrogens (tertiary/aromatic N) is 3. The molecular formula is C20H23F3N4O2S. The second-order valence-electron chi connectivity index (χ2n) is 7.74. The number of halogens is 3. The normalized spacial score (nSPS) is 14.1. The van der Waals surface area contributed by atoms with E-state index in [9.17, 15) is 22.8 Å². The maximum absolute atomic E-state index is 12.7. The zero-order valence-electron chi connectivity index (χ0n) is 16.7. The Morgan fingerprint density at radius 1 is 1.20 bits per heavy atom. The Hall–Kier alpha value is -2.49. The summed E-state index contributed by atoms with van der Waals surface area (Å²) in [7, 11) is 0. The molecule has 0 spiro atoms. The third-order valence-electron chi connectivity index (χ3n) is 4.56. The van der Waals surface area contributed by atoms with Gasteiger partial charge in [-0.15, -0.1) is 10.2 Å². The van der Waals surface area contributed by atoms with Crippen LogP contribution in [0.5, 0.6) is 0 Å². The summed E-state index contributed by atoms with van der Waals surface area (Å²) in [4.78, 5) is 26.4. The fraction of sp³-hybridized carbons (Fsp3) is 0.500. The molecule has 0 radical (unpaired) electrons. The largest absolute Gasteiger partial charge is 0.416 e. The average molecular weight is 440 g/mol. The Balaban J connectivity index is 1.55. The molecule has 0 aliphatic heterocycles. The van der Waals surface area contributed by atoms with E-state index in [0.717, 1.165) is 36.3 Å². The molecule has 30 heavy (non-hydrogen) atoms. The summed E-state index contributed by atoms with van der Waals surface area (Å²) >= 11 is 1.08. The van der Waals surface area contributed by atoms with Gasteiger partial charge in [0.05, 0.1) is 5.56 Å². The van der Waals surface area contributed by atoms with Crippen LogP contribution in [0.15, 0.2) is 24.3 Å². The lowest BCUT2D eigenvalue weighted by Crippen LogP contribution is -2.37. The molecule has 1 fully saturated rings. The Morgan fingerprint density at radius 3 is 2.43 bits per heavy atom. The van der Waals surface area contributed by atoms with Gasteiger partial charge in [-0.2, -0.15) is 13.2 Å². The van der Waals surface area contributed by atoms with Gasteiger partial charge < -0.3 is 10.2 Å². The molecule has 1 aromatic carbocycles. The molecule has 0 bridgehead atoms. The SMILES string of the molecule is CC(C)CN(CCC(=O)Nc1nnc(-c2ccc(C(F)(F)F)cc2)s1)C(=O)C1CC1. The summed E-state index contributed by atoms with van der Waals surface area (Å²) < 4.78 is 38.0. The Kier molecular flexibility index (Phi) is 6.74. The van der Waals surface area contributed by atoms with E-state index in [1.54, 1.807) is 4.90 Å². The van der Waals surface area contributed by atoms with E-state index in [1.807, 2.05) is 13.8 Å². The number of aromatic nitrogens is 2. The molecule has 1 aliphatic rings. The second-order valence-corrected chi connectivity index (χ2v) is 8.72. The van der Waals surface area contributed by atoms with Gasteiger partial charge in [0.1, 0.15) is 5.01 Å². The van der Waals surface area contributed by atoms with Crippen LogP contribution in [0.3, 0.4) is 0 Å². The number of anilines is 1. The van der Waals surface area contributed by atoms with Crippen molar-refractivity contribution in [2.45, 2.75) is 39.3 Å². The zero-order valence-corrected chi connectivity index (χ0v) is 17.5. The quantitative estimate of drug-likeness (QED) is 0.658. The fourth-order valence-corrected chi connectivity index (χ4v) is 3.70. The van der Waals surface area contributed by atoms with Crippen molar-refractivity contribution in [3.05, 3.63) is 29.8 Å².